The van der Waals surface area contributed by atoms with E-state index in [0.29, 0.717) is 4.83 Å². The molecule has 4 heteroatoms. The molecule has 2 aliphatic rings. The van der Waals surface area contributed by atoms with Gasteiger partial charge in [0, 0.05) is 0 Å². The van der Waals surface area contributed by atoms with Crippen molar-refractivity contribution in [1.29, 1.82) is 0 Å². The maximum atomic E-state index is 10.8. The highest BCUT2D eigenvalue weighted by Crippen LogP contribution is 2.30. The number of halogens is 1. The van der Waals surface area contributed by atoms with E-state index in [1.54, 1.807) is 0 Å². The topological polar surface area (TPSA) is 38.3 Å². The summed E-state index contributed by atoms with van der Waals surface area (Å²) in [5, 5.41) is 2.80. The maximum Gasteiger partial charge on any atom is 0.407 e. The Morgan fingerprint density at radius 2 is 2.36 bits per heavy atom. The van der Waals surface area contributed by atoms with Crippen LogP contribution in [0.2, 0.25) is 0 Å². The lowest BCUT2D eigenvalue weighted by atomic mass is 9.93. The molecule has 0 spiro atoms. The number of fused-ring (bicyclic) bond motifs is 1. The first-order chi connectivity index (χ1) is 5.27. The van der Waals surface area contributed by atoms with Crippen molar-refractivity contribution in [2.24, 2.45) is 0 Å². The molecule has 2 rings (SSSR count). The third-order valence-electron chi connectivity index (χ3n) is 2.29. The third-order valence-corrected chi connectivity index (χ3v) is 3.27. The van der Waals surface area contributed by atoms with E-state index in [9.17, 15) is 4.79 Å². The molecule has 1 aliphatic heterocycles. The number of carbonyl (C=O) groups is 1. The quantitative estimate of drug-likeness (QED) is 0.627. The zero-order valence-electron chi connectivity index (χ0n) is 6.05. The van der Waals surface area contributed by atoms with Crippen LogP contribution in [0.5, 0.6) is 0 Å². The summed E-state index contributed by atoms with van der Waals surface area (Å²) in [5.74, 6) is 0. The highest BCUT2D eigenvalue weighted by atomic mass is 79.9. The zero-order valence-corrected chi connectivity index (χ0v) is 7.63. The van der Waals surface area contributed by atoms with Gasteiger partial charge in [0.25, 0.3) is 0 Å². The number of nitrogens with one attached hydrogen (secondary N) is 1. The Labute approximate surface area is 73.6 Å². The lowest BCUT2D eigenvalue weighted by Crippen LogP contribution is -2.40. The van der Waals surface area contributed by atoms with Crippen LogP contribution in [0, 0.1) is 0 Å². The molecule has 1 saturated carbocycles. The first-order valence-corrected chi connectivity index (χ1v) is 4.80. The van der Waals surface area contributed by atoms with E-state index < -0.39 is 0 Å². The number of hydrogen-bond acceptors (Lipinski definition) is 2. The lowest BCUT2D eigenvalue weighted by molar-refractivity contribution is 0.119. The van der Waals surface area contributed by atoms with Crippen molar-refractivity contribution in [2.45, 2.75) is 36.2 Å². The van der Waals surface area contributed by atoms with Crippen LogP contribution in [-0.2, 0) is 4.74 Å². The average molecular weight is 220 g/mol. The fourth-order valence-electron chi connectivity index (χ4n) is 1.73. The second-order valence-corrected chi connectivity index (χ2v) is 4.24. The number of alkyl carbamates (subject to hydrolysis) is 1. The highest BCUT2D eigenvalue weighted by molar-refractivity contribution is 9.09. The van der Waals surface area contributed by atoms with E-state index in [1.807, 2.05) is 0 Å². The van der Waals surface area contributed by atoms with Crippen LogP contribution in [0.1, 0.15) is 19.3 Å². The van der Waals surface area contributed by atoms with Crippen LogP contribution >= 0.6 is 15.9 Å². The number of hydrogen-bond donors (Lipinski definition) is 1. The van der Waals surface area contributed by atoms with E-state index in [1.165, 1.54) is 6.42 Å². The van der Waals surface area contributed by atoms with Gasteiger partial charge in [-0.15, -0.1) is 0 Å². The van der Waals surface area contributed by atoms with Gasteiger partial charge in [-0.25, -0.2) is 4.79 Å². The van der Waals surface area contributed by atoms with Crippen LogP contribution in [0.4, 0.5) is 4.79 Å². The number of rotatable bonds is 0. The second-order valence-electron chi connectivity index (χ2n) is 3.07. The molecule has 0 bridgehead atoms. The molecule has 1 heterocycles. The van der Waals surface area contributed by atoms with Crippen molar-refractivity contribution in [2.75, 3.05) is 0 Å². The van der Waals surface area contributed by atoms with Gasteiger partial charge in [-0.05, 0) is 12.8 Å². The molecular formula is C7H10BrNO2. The van der Waals surface area contributed by atoms with Gasteiger partial charge in [0.15, 0.2) is 0 Å². The highest BCUT2D eigenvalue weighted by Gasteiger charge is 2.40. The van der Waals surface area contributed by atoms with Crippen molar-refractivity contribution in [3.8, 4) is 0 Å². The van der Waals surface area contributed by atoms with Crippen LogP contribution in [0.25, 0.3) is 0 Å². The molecule has 0 aromatic rings. The van der Waals surface area contributed by atoms with Gasteiger partial charge in [-0.2, -0.15) is 0 Å². The molecule has 11 heavy (non-hydrogen) atoms. The molecule has 62 valence electrons. The Morgan fingerprint density at radius 1 is 1.55 bits per heavy atom. The second kappa shape index (κ2) is 2.66. The van der Waals surface area contributed by atoms with Crippen molar-refractivity contribution >= 4 is 22.0 Å². The Kier molecular flexibility index (Phi) is 1.79. The Bertz CT molecular complexity index is 185. The number of alkyl halides is 1. The summed E-state index contributed by atoms with van der Waals surface area (Å²) in [6.45, 7) is 0. The molecule has 3 atom stereocenters. The number of ether oxygens (including phenoxy) is 1. The molecular weight excluding hydrogens is 210 g/mol. The lowest BCUT2D eigenvalue weighted by Gasteiger charge is -2.26. The van der Waals surface area contributed by atoms with E-state index in [4.69, 9.17) is 4.74 Å². The Hall–Kier alpha value is -0.250. The molecule has 0 unspecified atom stereocenters. The van der Waals surface area contributed by atoms with Gasteiger partial charge in [0.1, 0.15) is 6.10 Å². The first kappa shape index (κ1) is 7.40. The normalized spacial score (nSPS) is 42.6. The van der Waals surface area contributed by atoms with Crippen molar-refractivity contribution in [1.82, 2.24) is 5.32 Å². The molecule has 2 fully saturated rings. The molecule has 0 aromatic heterocycles. The zero-order chi connectivity index (χ0) is 7.84. The first-order valence-electron chi connectivity index (χ1n) is 3.88. The van der Waals surface area contributed by atoms with Crippen molar-refractivity contribution in [3.05, 3.63) is 0 Å². The minimum Gasteiger partial charge on any atom is -0.443 e. The minimum absolute atomic E-state index is 0.0660. The summed E-state index contributed by atoms with van der Waals surface area (Å²) in [5.41, 5.74) is 0. The van der Waals surface area contributed by atoms with Gasteiger partial charge >= 0.3 is 6.09 Å². The molecule has 0 radical (unpaired) electrons. The van der Waals surface area contributed by atoms with Crippen molar-refractivity contribution < 1.29 is 9.53 Å². The maximum absolute atomic E-state index is 10.8. The number of amides is 1. The monoisotopic (exact) mass is 219 g/mol. The minimum atomic E-state index is -0.258. The largest absolute Gasteiger partial charge is 0.443 e. The summed E-state index contributed by atoms with van der Waals surface area (Å²) in [6, 6.07) is 0.251. The fraction of sp³-hybridized carbons (Fsp3) is 0.857. The predicted octanol–water partition coefficient (Wildman–Crippen LogP) is 1.41. The van der Waals surface area contributed by atoms with Crippen LogP contribution in [0.3, 0.4) is 0 Å². The van der Waals surface area contributed by atoms with Crippen LogP contribution < -0.4 is 5.32 Å². The van der Waals surface area contributed by atoms with Gasteiger partial charge in [0.05, 0.1) is 10.9 Å². The molecule has 1 aliphatic carbocycles. The standard InChI is InChI=1S/C7H10BrNO2/c8-4-2-1-3-5-6(4)11-7(10)9-5/h4-6H,1-3H2,(H,9,10)/t4-,5-,6+/m0/s1. The van der Waals surface area contributed by atoms with Crippen LogP contribution in [0.15, 0.2) is 0 Å². The van der Waals surface area contributed by atoms with Gasteiger partial charge in [-0.1, -0.05) is 22.4 Å². The molecule has 0 aromatic carbocycles. The molecule has 3 nitrogen and oxygen atoms in total. The average Bonchev–Trinajstić information content (AvgIpc) is 2.31. The SMILES string of the molecule is O=C1N[C@H]2CCC[C@H](Br)[C@H]2O1. The smallest absolute Gasteiger partial charge is 0.407 e. The van der Waals surface area contributed by atoms with Crippen LogP contribution in [-0.4, -0.2) is 23.1 Å². The third kappa shape index (κ3) is 1.24. The Balaban J connectivity index is 2.09. The summed E-state index contributed by atoms with van der Waals surface area (Å²) in [7, 11) is 0. The van der Waals surface area contributed by atoms with E-state index in [0.717, 1.165) is 12.8 Å². The summed E-state index contributed by atoms with van der Waals surface area (Å²) < 4.78 is 5.08. The molecule has 1 saturated heterocycles. The van der Waals surface area contributed by atoms with E-state index in [2.05, 4.69) is 21.2 Å². The Morgan fingerprint density at radius 3 is 3.09 bits per heavy atom. The number of carbonyl (C=O) groups excluding carboxylic acids is 1. The van der Waals surface area contributed by atoms with Crippen molar-refractivity contribution in [3.63, 3.8) is 0 Å². The van der Waals surface area contributed by atoms with E-state index in [-0.39, 0.29) is 18.2 Å². The summed E-state index contributed by atoms with van der Waals surface area (Å²) in [6.07, 6.45) is 3.14. The summed E-state index contributed by atoms with van der Waals surface area (Å²) >= 11 is 3.51. The molecule has 1 N–H and O–H groups in total. The molecule has 1 amide bonds. The predicted molar refractivity (Wildman–Crippen MR) is 43.8 cm³/mol. The van der Waals surface area contributed by atoms with Gasteiger partial charge in [-0.3, -0.25) is 0 Å². The summed E-state index contributed by atoms with van der Waals surface area (Å²) in [4.78, 5) is 11.1. The van der Waals surface area contributed by atoms with E-state index >= 15 is 0 Å². The van der Waals surface area contributed by atoms with Gasteiger partial charge < -0.3 is 10.1 Å². The fourth-order valence-corrected chi connectivity index (χ4v) is 2.53. The van der Waals surface area contributed by atoms with Gasteiger partial charge in [0.2, 0.25) is 0 Å².